The highest BCUT2D eigenvalue weighted by Gasteiger charge is 2.14. The second-order valence-electron chi connectivity index (χ2n) is 5.90. The van der Waals surface area contributed by atoms with Gasteiger partial charge in [0, 0.05) is 37.0 Å². The Morgan fingerprint density at radius 1 is 1.25 bits per heavy atom. The summed E-state index contributed by atoms with van der Waals surface area (Å²) in [5.41, 5.74) is 1.69. The molecule has 128 valence electrons. The Balaban J connectivity index is 1.47. The van der Waals surface area contributed by atoms with Crippen LogP contribution in [0.4, 0.5) is 5.13 Å². The minimum atomic E-state index is -0.0656. The van der Waals surface area contributed by atoms with E-state index in [0.29, 0.717) is 12.1 Å². The average Bonchev–Trinajstić information content (AvgIpc) is 3.11. The van der Waals surface area contributed by atoms with E-state index in [9.17, 15) is 4.79 Å². The van der Waals surface area contributed by atoms with Crippen molar-refractivity contribution < 1.29 is 9.53 Å². The Morgan fingerprint density at radius 2 is 2.00 bits per heavy atom. The van der Waals surface area contributed by atoms with Crippen LogP contribution in [0.15, 0.2) is 29.6 Å². The van der Waals surface area contributed by atoms with E-state index < -0.39 is 0 Å². The lowest BCUT2D eigenvalue weighted by Gasteiger charge is -2.25. The molecule has 1 fully saturated rings. The number of methoxy groups -OCH3 is 1. The standard InChI is InChI=1S/C18H23N3O2S/c1-23-16-7-5-14(6-8-16)17(22)19-10-9-15-13-24-18(20-15)21-11-3-2-4-12-21/h5-8,13H,2-4,9-12H2,1H3,(H,19,22). The van der Waals surface area contributed by atoms with E-state index in [-0.39, 0.29) is 5.91 Å². The summed E-state index contributed by atoms with van der Waals surface area (Å²) in [6.45, 7) is 2.82. The van der Waals surface area contributed by atoms with Crippen LogP contribution in [0.3, 0.4) is 0 Å². The summed E-state index contributed by atoms with van der Waals surface area (Å²) >= 11 is 1.70. The van der Waals surface area contributed by atoms with Gasteiger partial charge in [0.1, 0.15) is 5.75 Å². The van der Waals surface area contributed by atoms with E-state index >= 15 is 0 Å². The van der Waals surface area contributed by atoms with Gasteiger partial charge < -0.3 is 15.0 Å². The Hall–Kier alpha value is -2.08. The molecule has 6 heteroatoms. The van der Waals surface area contributed by atoms with Gasteiger partial charge in [0.25, 0.3) is 5.91 Å². The maximum absolute atomic E-state index is 12.1. The van der Waals surface area contributed by atoms with Crippen LogP contribution in [0.1, 0.15) is 35.3 Å². The molecule has 5 nitrogen and oxygen atoms in total. The third kappa shape index (κ3) is 4.26. The number of ether oxygens (including phenoxy) is 1. The van der Waals surface area contributed by atoms with Crippen LogP contribution in [0.2, 0.25) is 0 Å². The van der Waals surface area contributed by atoms with Crippen LogP contribution in [0.5, 0.6) is 5.75 Å². The first-order chi connectivity index (χ1) is 11.8. The largest absolute Gasteiger partial charge is 0.497 e. The molecule has 1 N–H and O–H groups in total. The highest BCUT2D eigenvalue weighted by atomic mass is 32.1. The van der Waals surface area contributed by atoms with Crippen molar-refractivity contribution >= 4 is 22.4 Å². The van der Waals surface area contributed by atoms with E-state index in [0.717, 1.165) is 36.1 Å². The van der Waals surface area contributed by atoms with Crippen LogP contribution in [0, 0.1) is 0 Å². The molecule has 0 aliphatic carbocycles. The molecule has 0 spiro atoms. The summed E-state index contributed by atoms with van der Waals surface area (Å²) in [6, 6.07) is 7.12. The number of anilines is 1. The number of benzene rings is 1. The smallest absolute Gasteiger partial charge is 0.251 e. The van der Waals surface area contributed by atoms with E-state index in [4.69, 9.17) is 9.72 Å². The monoisotopic (exact) mass is 345 g/mol. The van der Waals surface area contributed by atoms with Gasteiger partial charge in [-0.3, -0.25) is 4.79 Å². The Morgan fingerprint density at radius 3 is 2.71 bits per heavy atom. The normalized spacial score (nSPS) is 14.5. The lowest BCUT2D eigenvalue weighted by Crippen LogP contribution is -2.29. The fourth-order valence-corrected chi connectivity index (χ4v) is 3.70. The molecule has 0 radical (unpaired) electrons. The molecule has 1 aromatic heterocycles. The van der Waals surface area contributed by atoms with Gasteiger partial charge >= 0.3 is 0 Å². The molecule has 1 amide bonds. The van der Waals surface area contributed by atoms with Crippen molar-refractivity contribution in [2.45, 2.75) is 25.7 Å². The SMILES string of the molecule is COc1ccc(C(=O)NCCc2csc(N3CCCCC3)n2)cc1. The van der Waals surface area contributed by atoms with Gasteiger partial charge in [-0.2, -0.15) is 0 Å². The summed E-state index contributed by atoms with van der Waals surface area (Å²) in [5, 5.41) is 6.16. The van der Waals surface area contributed by atoms with Crippen molar-refractivity contribution in [3.63, 3.8) is 0 Å². The van der Waals surface area contributed by atoms with Gasteiger partial charge in [0.15, 0.2) is 5.13 Å². The van der Waals surface area contributed by atoms with Crippen LogP contribution >= 0.6 is 11.3 Å². The first-order valence-electron chi connectivity index (χ1n) is 8.38. The number of aromatic nitrogens is 1. The van der Waals surface area contributed by atoms with Gasteiger partial charge in [0.2, 0.25) is 0 Å². The Kier molecular flexibility index (Phi) is 5.69. The van der Waals surface area contributed by atoms with Gasteiger partial charge in [-0.1, -0.05) is 0 Å². The summed E-state index contributed by atoms with van der Waals surface area (Å²) < 4.78 is 5.10. The fourth-order valence-electron chi connectivity index (χ4n) is 2.79. The molecule has 0 unspecified atom stereocenters. The second kappa shape index (κ2) is 8.15. The van der Waals surface area contributed by atoms with Crippen LogP contribution in [0.25, 0.3) is 0 Å². The van der Waals surface area contributed by atoms with Gasteiger partial charge in [-0.05, 0) is 43.5 Å². The van der Waals surface area contributed by atoms with E-state index in [1.165, 1.54) is 19.3 Å². The molecule has 24 heavy (non-hydrogen) atoms. The first kappa shape index (κ1) is 16.8. The molecule has 2 heterocycles. The molecule has 1 aliphatic rings. The molecule has 0 bridgehead atoms. The van der Waals surface area contributed by atoms with Crippen molar-refractivity contribution in [1.82, 2.24) is 10.3 Å². The summed E-state index contributed by atoms with van der Waals surface area (Å²) in [6.07, 6.45) is 4.60. The highest BCUT2D eigenvalue weighted by Crippen LogP contribution is 2.24. The predicted molar refractivity (Wildman–Crippen MR) is 97.2 cm³/mol. The number of hydrogen-bond acceptors (Lipinski definition) is 5. The highest BCUT2D eigenvalue weighted by molar-refractivity contribution is 7.13. The number of piperidine rings is 1. The second-order valence-corrected chi connectivity index (χ2v) is 6.74. The number of thiazole rings is 1. The lowest BCUT2D eigenvalue weighted by molar-refractivity contribution is 0.0954. The molecule has 1 aliphatic heterocycles. The van der Waals surface area contributed by atoms with E-state index in [2.05, 4.69) is 15.6 Å². The molecule has 0 atom stereocenters. The Bertz CT molecular complexity index is 663. The van der Waals surface area contributed by atoms with Gasteiger partial charge in [-0.15, -0.1) is 11.3 Å². The first-order valence-corrected chi connectivity index (χ1v) is 9.26. The van der Waals surface area contributed by atoms with Crippen molar-refractivity contribution in [2.24, 2.45) is 0 Å². The number of amides is 1. The third-order valence-electron chi connectivity index (χ3n) is 4.19. The third-order valence-corrected chi connectivity index (χ3v) is 5.14. The summed E-state index contributed by atoms with van der Waals surface area (Å²) in [4.78, 5) is 19.2. The number of carbonyl (C=O) groups is 1. The summed E-state index contributed by atoms with van der Waals surface area (Å²) in [5.74, 6) is 0.684. The number of hydrogen-bond donors (Lipinski definition) is 1. The topological polar surface area (TPSA) is 54.5 Å². The summed E-state index contributed by atoms with van der Waals surface area (Å²) in [7, 11) is 1.61. The zero-order valence-corrected chi connectivity index (χ0v) is 14.8. The molecule has 2 aromatic rings. The molecular weight excluding hydrogens is 322 g/mol. The zero-order valence-electron chi connectivity index (χ0n) is 14.0. The number of carbonyl (C=O) groups excluding carboxylic acids is 1. The van der Waals surface area contributed by atoms with Crippen LogP contribution < -0.4 is 15.0 Å². The van der Waals surface area contributed by atoms with E-state index in [1.807, 2.05) is 0 Å². The number of nitrogens with zero attached hydrogens (tertiary/aromatic N) is 2. The van der Waals surface area contributed by atoms with Crippen molar-refractivity contribution in [3.8, 4) is 5.75 Å². The molecular formula is C18H23N3O2S. The molecule has 1 saturated heterocycles. The minimum Gasteiger partial charge on any atom is -0.497 e. The fraction of sp³-hybridized carbons (Fsp3) is 0.444. The maximum atomic E-state index is 12.1. The number of nitrogens with one attached hydrogen (secondary N) is 1. The average molecular weight is 345 g/mol. The predicted octanol–water partition coefficient (Wildman–Crippen LogP) is 3.11. The van der Waals surface area contributed by atoms with Gasteiger partial charge in [0.05, 0.1) is 12.8 Å². The van der Waals surface area contributed by atoms with E-state index in [1.54, 1.807) is 42.7 Å². The van der Waals surface area contributed by atoms with Crippen molar-refractivity contribution in [1.29, 1.82) is 0 Å². The molecule has 0 saturated carbocycles. The Labute approximate surface area is 146 Å². The zero-order chi connectivity index (χ0) is 16.8. The maximum Gasteiger partial charge on any atom is 0.251 e. The number of rotatable bonds is 6. The van der Waals surface area contributed by atoms with Crippen molar-refractivity contribution in [3.05, 3.63) is 40.9 Å². The van der Waals surface area contributed by atoms with Crippen LogP contribution in [-0.4, -0.2) is 37.6 Å². The molecule has 3 rings (SSSR count). The van der Waals surface area contributed by atoms with Crippen LogP contribution in [-0.2, 0) is 6.42 Å². The van der Waals surface area contributed by atoms with Crippen molar-refractivity contribution in [2.75, 3.05) is 31.6 Å². The quantitative estimate of drug-likeness (QED) is 0.874. The lowest BCUT2D eigenvalue weighted by atomic mass is 10.1. The minimum absolute atomic E-state index is 0.0656. The van der Waals surface area contributed by atoms with Gasteiger partial charge in [-0.25, -0.2) is 4.98 Å². The molecule has 1 aromatic carbocycles.